The largest absolute Gasteiger partial charge is 0.356 e. The van der Waals surface area contributed by atoms with Crippen LogP contribution in [0.15, 0.2) is 12.4 Å². The molecule has 7 nitrogen and oxygen atoms in total. The zero-order chi connectivity index (χ0) is 19.1. The molecule has 0 bridgehead atoms. The van der Waals surface area contributed by atoms with E-state index in [1.807, 2.05) is 0 Å². The smallest absolute Gasteiger partial charge is 0.281 e. The maximum absolute atomic E-state index is 13.1. The third-order valence-electron chi connectivity index (χ3n) is 7.19. The fourth-order valence-electron chi connectivity index (χ4n) is 5.22. The van der Waals surface area contributed by atoms with Crippen molar-refractivity contribution >= 4 is 16.0 Å². The lowest BCUT2D eigenvalue weighted by Gasteiger charge is -2.28. The summed E-state index contributed by atoms with van der Waals surface area (Å²) in [6, 6.07) is 2.16. The molecule has 4 heterocycles. The predicted octanol–water partition coefficient (Wildman–Crippen LogP) is 2.23. The molecule has 0 aromatic carbocycles. The van der Waals surface area contributed by atoms with Gasteiger partial charge in [0.25, 0.3) is 10.2 Å². The molecule has 0 spiro atoms. The Kier molecular flexibility index (Phi) is 5.05. The molecule has 1 saturated carbocycles. The van der Waals surface area contributed by atoms with Crippen LogP contribution in [0.2, 0.25) is 0 Å². The molecule has 154 valence electrons. The molecule has 2 atom stereocenters. The lowest BCUT2D eigenvalue weighted by Crippen LogP contribution is -2.44. The maximum atomic E-state index is 13.1. The quantitative estimate of drug-likeness (QED) is 0.768. The highest BCUT2D eigenvalue weighted by Gasteiger charge is 2.45. The number of hydrogen-bond acceptors (Lipinski definition) is 5. The Morgan fingerprint density at radius 3 is 2.11 bits per heavy atom. The molecule has 4 aliphatic rings. The predicted molar refractivity (Wildman–Crippen MR) is 108 cm³/mol. The molecule has 1 aliphatic carbocycles. The van der Waals surface area contributed by atoms with Crippen LogP contribution in [0.1, 0.15) is 56.6 Å². The van der Waals surface area contributed by atoms with Crippen LogP contribution in [0.3, 0.4) is 0 Å². The summed E-state index contributed by atoms with van der Waals surface area (Å²) in [5.74, 6) is 2.44. The minimum absolute atomic E-state index is 0.406. The van der Waals surface area contributed by atoms with Crippen LogP contribution in [0.4, 0.5) is 5.82 Å². The van der Waals surface area contributed by atoms with Crippen LogP contribution in [-0.4, -0.2) is 66.3 Å². The fraction of sp³-hybridized carbons (Fsp3) is 0.800. The molecular weight excluding hydrogens is 374 g/mol. The van der Waals surface area contributed by atoms with Gasteiger partial charge in [-0.3, -0.25) is 0 Å². The Labute approximate surface area is 168 Å². The van der Waals surface area contributed by atoms with Crippen LogP contribution < -0.4 is 4.90 Å². The second kappa shape index (κ2) is 7.54. The van der Waals surface area contributed by atoms with Crippen molar-refractivity contribution in [2.75, 3.05) is 44.2 Å². The zero-order valence-corrected chi connectivity index (χ0v) is 17.4. The average molecular weight is 406 g/mol. The number of nitrogens with zero attached hydrogens (tertiary/aromatic N) is 5. The standard InChI is InChI=1S/C20H31N5O2S/c26-28(27,24-8-3-1-2-4-9-24)25-13-17-11-23(12-18(17)14-25)20-10-19(21-15-22-20)16-6-5-7-16/h10,15-18H,1-9,11-14H2. The molecule has 1 aromatic rings. The van der Waals surface area contributed by atoms with Crippen LogP contribution >= 0.6 is 0 Å². The number of fused-ring (bicyclic) bond motifs is 1. The second-order valence-corrected chi connectivity index (χ2v) is 10.9. The topological polar surface area (TPSA) is 69.6 Å². The van der Waals surface area contributed by atoms with Crippen LogP contribution in [0, 0.1) is 11.8 Å². The Morgan fingerprint density at radius 1 is 0.821 bits per heavy atom. The van der Waals surface area contributed by atoms with Gasteiger partial charge in [-0.1, -0.05) is 19.3 Å². The maximum Gasteiger partial charge on any atom is 0.281 e. The molecule has 0 radical (unpaired) electrons. The van der Waals surface area contributed by atoms with Crippen LogP contribution in [-0.2, 0) is 10.2 Å². The van der Waals surface area contributed by atoms with Crippen molar-refractivity contribution in [3.05, 3.63) is 18.1 Å². The molecule has 0 N–H and O–H groups in total. The third kappa shape index (κ3) is 3.44. The number of aromatic nitrogens is 2. The number of anilines is 1. The molecule has 5 rings (SSSR count). The average Bonchev–Trinajstić information content (AvgIpc) is 3.09. The lowest BCUT2D eigenvalue weighted by molar-refractivity contribution is 0.359. The van der Waals surface area contributed by atoms with Crippen molar-refractivity contribution in [3.63, 3.8) is 0 Å². The van der Waals surface area contributed by atoms with E-state index in [-0.39, 0.29) is 0 Å². The zero-order valence-electron chi connectivity index (χ0n) is 16.5. The molecule has 28 heavy (non-hydrogen) atoms. The minimum atomic E-state index is -3.30. The van der Waals surface area contributed by atoms with Gasteiger partial charge >= 0.3 is 0 Å². The van der Waals surface area contributed by atoms with E-state index in [9.17, 15) is 8.42 Å². The number of rotatable bonds is 4. The van der Waals surface area contributed by atoms with Crippen LogP contribution in [0.5, 0.6) is 0 Å². The van der Waals surface area contributed by atoms with E-state index in [1.54, 1.807) is 14.9 Å². The summed E-state index contributed by atoms with van der Waals surface area (Å²) in [5.41, 5.74) is 1.18. The van der Waals surface area contributed by atoms with Gasteiger partial charge in [0.2, 0.25) is 0 Å². The van der Waals surface area contributed by atoms with Gasteiger partial charge in [-0.25, -0.2) is 9.97 Å². The van der Waals surface area contributed by atoms with E-state index in [0.29, 0.717) is 43.9 Å². The van der Waals surface area contributed by atoms with E-state index in [4.69, 9.17) is 0 Å². The van der Waals surface area contributed by atoms with Crippen molar-refractivity contribution in [2.45, 2.75) is 50.9 Å². The molecular formula is C20H31N5O2S. The van der Waals surface area contributed by atoms with E-state index in [0.717, 1.165) is 44.6 Å². The van der Waals surface area contributed by atoms with E-state index < -0.39 is 10.2 Å². The van der Waals surface area contributed by atoms with Crippen molar-refractivity contribution in [3.8, 4) is 0 Å². The third-order valence-corrected chi connectivity index (χ3v) is 9.16. The minimum Gasteiger partial charge on any atom is -0.356 e. The summed E-state index contributed by atoms with van der Waals surface area (Å²) >= 11 is 0. The summed E-state index contributed by atoms with van der Waals surface area (Å²) in [5, 5.41) is 0. The Morgan fingerprint density at radius 2 is 1.50 bits per heavy atom. The summed E-state index contributed by atoms with van der Waals surface area (Å²) in [6.07, 6.45) is 9.76. The lowest BCUT2D eigenvalue weighted by atomic mass is 9.83. The summed E-state index contributed by atoms with van der Waals surface area (Å²) in [7, 11) is -3.30. The molecule has 3 aliphatic heterocycles. The summed E-state index contributed by atoms with van der Waals surface area (Å²) in [4.78, 5) is 11.3. The monoisotopic (exact) mass is 405 g/mol. The molecule has 3 saturated heterocycles. The van der Waals surface area contributed by atoms with Crippen molar-refractivity contribution in [1.82, 2.24) is 18.6 Å². The first-order valence-electron chi connectivity index (χ1n) is 10.9. The van der Waals surface area contributed by atoms with Gasteiger partial charge in [0.1, 0.15) is 12.1 Å². The van der Waals surface area contributed by atoms with E-state index in [1.165, 1.54) is 25.0 Å². The van der Waals surface area contributed by atoms with Gasteiger partial charge in [-0.05, 0) is 37.5 Å². The molecule has 0 amide bonds. The Hall–Kier alpha value is -1.25. The van der Waals surface area contributed by atoms with Gasteiger partial charge < -0.3 is 4.90 Å². The van der Waals surface area contributed by atoms with Crippen molar-refractivity contribution < 1.29 is 8.42 Å². The van der Waals surface area contributed by atoms with E-state index >= 15 is 0 Å². The first kappa shape index (κ1) is 18.8. The first-order chi connectivity index (χ1) is 13.6. The highest BCUT2D eigenvalue weighted by atomic mass is 32.2. The molecule has 8 heteroatoms. The highest BCUT2D eigenvalue weighted by Crippen LogP contribution is 2.38. The van der Waals surface area contributed by atoms with Gasteiger partial charge in [-0.15, -0.1) is 0 Å². The number of hydrogen-bond donors (Lipinski definition) is 0. The molecule has 1 aromatic heterocycles. The van der Waals surface area contributed by atoms with Crippen molar-refractivity contribution in [2.24, 2.45) is 11.8 Å². The van der Waals surface area contributed by atoms with Gasteiger partial charge in [-0.2, -0.15) is 17.0 Å². The summed E-state index contributed by atoms with van der Waals surface area (Å²) in [6.45, 7) is 4.48. The van der Waals surface area contributed by atoms with Gasteiger partial charge in [0.05, 0.1) is 0 Å². The van der Waals surface area contributed by atoms with Crippen LogP contribution in [0.25, 0.3) is 0 Å². The summed E-state index contributed by atoms with van der Waals surface area (Å²) < 4.78 is 29.7. The van der Waals surface area contributed by atoms with Gasteiger partial charge in [0, 0.05) is 56.9 Å². The molecule has 2 unspecified atom stereocenters. The van der Waals surface area contributed by atoms with E-state index in [2.05, 4.69) is 20.9 Å². The Bertz CT molecular complexity index is 791. The normalized spacial score (nSPS) is 30.2. The highest BCUT2D eigenvalue weighted by molar-refractivity contribution is 7.86. The molecule has 4 fully saturated rings. The Balaban J connectivity index is 1.24. The van der Waals surface area contributed by atoms with Gasteiger partial charge in [0.15, 0.2) is 0 Å². The van der Waals surface area contributed by atoms with Crippen molar-refractivity contribution in [1.29, 1.82) is 0 Å². The second-order valence-electron chi connectivity index (χ2n) is 8.99. The fourth-order valence-corrected chi connectivity index (χ4v) is 7.03. The first-order valence-corrected chi connectivity index (χ1v) is 12.3. The SMILES string of the molecule is O=S(=O)(N1CCCCCC1)N1CC2CN(c3cc(C4CCC4)ncn3)CC2C1.